The van der Waals surface area contributed by atoms with Gasteiger partial charge in [0.1, 0.15) is 17.6 Å². The third kappa shape index (κ3) is 4.59. The standard InChI is InChI=1S/C21H26N4O5/c1-13(2)20(4,12-22)23-16(26)11-30-17(27)10-25-18(28)21(5,24-19(25)29)15-8-6-14(3)7-9-15/h6-9,13H,10-11H2,1-5H3,(H,23,26)(H,24,29)/t20-,21-/m1/s1. The van der Waals surface area contributed by atoms with Crippen LogP contribution in [0.1, 0.15) is 38.8 Å². The Morgan fingerprint density at radius 1 is 1.30 bits per heavy atom. The number of nitrogens with zero attached hydrogens (tertiary/aromatic N) is 2. The first kappa shape index (κ1) is 22.9. The highest BCUT2D eigenvalue weighted by molar-refractivity contribution is 6.08. The molecule has 1 aromatic rings. The van der Waals surface area contributed by atoms with Crippen LogP contribution in [0, 0.1) is 24.2 Å². The molecule has 1 aliphatic heterocycles. The fourth-order valence-corrected chi connectivity index (χ4v) is 2.87. The number of esters is 1. The van der Waals surface area contributed by atoms with Gasteiger partial charge in [0, 0.05) is 0 Å². The molecule has 9 nitrogen and oxygen atoms in total. The lowest BCUT2D eigenvalue weighted by molar-refractivity contribution is -0.151. The van der Waals surface area contributed by atoms with E-state index in [1.165, 1.54) is 0 Å². The molecule has 2 N–H and O–H groups in total. The fraction of sp³-hybridized carbons (Fsp3) is 0.476. The van der Waals surface area contributed by atoms with Crippen LogP contribution < -0.4 is 10.6 Å². The molecule has 1 aliphatic rings. The van der Waals surface area contributed by atoms with Gasteiger partial charge in [0.05, 0.1) is 6.07 Å². The first-order chi connectivity index (χ1) is 13.9. The van der Waals surface area contributed by atoms with Gasteiger partial charge in [-0.2, -0.15) is 5.26 Å². The van der Waals surface area contributed by atoms with Crippen LogP contribution >= 0.6 is 0 Å². The van der Waals surface area contributed by atoms with Crippen molar-refractivity contribution in [2.24, 2.45) is 5.92 Å². The van der Waals surface area contributed by atoms with Gasteiger partial charge in [0.15, 0.2) is 6.61 Å². The van der Waals surface area contributed by atoms with Crippen molar-refractivity contribution in [3.8, 4) is 6.07 Å². The summed E-state index contributed by atoms with van der Waals surface area (Å²) >= 11 is 0. The lowest BCUT2D eigenvalue weighted by Crippen LogP contribution is -2.50. The van der Waals surface area contributed by atoms with Crippen molar-refractivity contribution in [2.45, 2.75) is 45.7 Å². The van der Waals surface area contributed by atoms with Crippen molar-refractivity contribution in [2.75, 3.05) is 13.2 Å². The number of carbonyl (C=O) groups excluding carboxylic acids is 4. The van der Waals surface area contributed by atoms with Crippen molar-refractivity contribution in [1.82, 2.24) is 15.5 Å². The third-order valence-corrected chi connectivity index (χ3v) is 5.34. The molecule has 0 aromatic heterocycles. The molecular weight excluding hydrogens is 388 g/mol. The number of carbonyl (C=O) groups is 4. The lowest BCUT2D eigenvalue weighted by atomic mass is 9.90. The number of nitrogens with one attached hydrogen (secondary N) is 2. The maximum Gasteiger partial charge on any atom is 0.326 e. The maximum atomic E-state index is 12.8. The Labute approximate surface area is 175 Å². The summed E-state index contributed by atoms with van der Waals surface area (Å²) in [5, 5.41) is 14.3. The minimum atomic E-state index is -1.30. The summed E-state index contributed by atoms with van der Waals surface area (Å²) in [6.07, 6.45) is 0. The molecule has 0 unspecified atom stereocenters. The van der Waals surface area contributed by atoms with E-state index in [1.807, 2.05) is 25.1 Å². The quantitative estimate of drug-likeness (QED) is 0.512. The summed E-state index contributed by atoms with van der Waals surface area (Å²) in [6.45, 7) is 7.33. The SMILES string of the molecule is Cc1ccc([C@@]2(C)NC(=O)N(CC(=O)OCC(=O)N[C@](C)(C#N)C(C)C)C2=O)cc1. The molecule has 1 aromatic carbocycles. The minimum absolute atomic E-state index is 0.160. The van der Waals surface area contributed by atoms with Gasteiger partial charge in [-0.05, 0) is 32.3 Å². The number of amides is 4. The molecular formula is C21H26N4O5. The van der Waals surface area contributed by atoms with Crippen LogP contribution in [0.2, 0.25) is 0 Å². The number of urea groups is 1. The van der Waals surface area contributed by atoms with Crippen LogP contribution in [-0.2, 0) is 24.7 Å². The number of ether oxygens (including phenoxy) is 1. The Balaban J connectivity index is 1.98. The number of nitriles is 1. The molecule has 0 spiro atoms. The summed E-state index contributed by atoms with van der Waals surface area (Å²) in [6, 6.07) is 8.41. The normalized spacial score (nSPS) is 20.4. The summed E-state index contributed by atoms with van der Waals surface area (Å²) in [5.41, 5.74) is -0.813. The van der Waals surface area contributed by atoms with Crippen LogP contribution in [0.4, 0.5) is 4.79 Å². The van der Waals surface area contributed by atoms with E-state index in [4.69, 9.17) is 4.74 Å². The highest BCUT2D eigenvalue weighted by Gasteiger charge is 2.49. The molecule has 30 heavy (non-hydrogen) atoms. The fourth-order valence-electron chi connectivity index (χ4n) is 2.87. The second-order valence-electron chi connectivity index (χ2n) is 7.99. The lowest BCUT2D eigenvalue weighted by Gasteiger charge is -2.27. The van der Waals surface area contributed by atoms with Crippen molar-refractivity contribution in [1.29, 1.82) is 5.26 Å². The van der Waals surface area contributed by atoms with E-state index in [0.29, 0.717) is 5.56 Å². The molecule has 2 rings (SSSR count). The largest absolute Gasteiger partial charge is 0.454 e. The zero-order valence-corrected chi connectivity index (χ0v) is 17.7. The van der Waals surface area contributed by atoms with Crippen molar-refractivity contribution in [3.05, 3.63) is 35.4 Å². The van der Waals surface area contributed by atoms with Gasteiger partial charge in [0.2, 0.25) is 0 Å². The zero-order valence-electron chi connectivity index (χ0n) is 17.7. The number of hydrogen-bond acceptors (Lipinski definition) is 6. The molecule has 1 fully saturated rings. The summed E-state index contributed by atoms with van der Waals surface area (Å²) in [5.74, 6) is -2.31. The first-order valence-corrected chi connectivity index (χ1v) is 9.52. The van der Waals surface area contributed by atoms with Crippen LogP contribution in [0.3, 0.4) is 0 Å². The average molecular weight is 414 g/mol. The smallest absolute Gasteiger partial charge is 0.326 e. The number of imide groups is 1. The minimum Gasteiger partial charge on any atom is -0.454 e. The first-order valence-electron chi connectivity index (χ1n) is 9.52. The average Bonchev–Trinajstić information content (AvgIpc) is 2.90. The van der Waals surface area contributed by atoms with E-state index in [2.05, 4.69) is 10.6 Å². The summed E-state index contributed by atoms with van der Waals surface area (Å²) in [4.78, 5) is 50.0. The highest BCUT2D eigenvalue weighted by Crippen LogP contribution is 2.28. The molecule has 1 heterocycles. The predicted octanol–water partition coefficient (Wildman–Crippen LogP) is 1.36. The molecule has 0 saturated carbocycles. The van der Waals surface area contributed by atoms with Gasteiger partial charge in [-0.1, -0.05) is 43.7 Å². The summed E-state index contributed by atoms with van der Waals surface area (Å²) < 4.78 is 4.89. The molecule has 0 radical (unpaired) electrons. The van der Waals surface area contributed by atoms with E-state index in [0.717, 1.165) is 10.5 Å². The van der Waals surface area contributed by atoms with Crippen molar-refractivity contribution < 1.29 is 23.9 Å². The highest BCUT2D eigenvalue weighted by atomic mass is 16.5. The molecule has 0 bridgehead atoms. The molecule has 1 saturated heterocycles. The van der Waals surface area contributed by atoms with E-state index < -0.39 is 48.0 Å². The van der Waals surface area contributed by atoms with E-state index in [-0.39, 0.29) is 5.92 Å². The summed E-state index contributed by atoms with van der Waals surface area (Å²) in [7, 11) is 0. The van der Waals surface area contributed by atoms with E-state index in [9.17, 15) is 24.4 Å². The van der Waals surface area contributed by atoms with Gasteiger partial charge < -0.3 is 15.4 Å². The van der Waals surface area contributed by atoms with E-state index >= 15 is 0 Å². The van der Waals surface area contributed by atoms with Gasteiger partial charge in [-0.3, -0.25) is 19.3 Å². The van der Waals surface area contributed by atoms with E-state index in [1.54, 1.807) is 39.8 Å². The van der Waals surface area contributed by atoms with Crippen molar-refractivity contribution in [3.63, 3.8) is 0 Å². The number of aryl methyl sites for hydroxylation is 1. The Morgan fingerprint density at radius 3 is 2.43 bits per heavy atom. The van der Waals surface area contributed by atoms with Crippen LogP contribution in [0.15, 0.2) is 24.3 Å². The Morgan fingerprint density at radius 2 is 1.90 bits per heavy atom. The second-order valence-corrected chi connectivity index (χ2v) is 7.99. The predicted molar refractivity (Wildman–Crippen MR) is 107 cm³/mol. The van der Waals surface area contributed by atoms with Crippen molar-refractivity contribution >= 4 is 23.8 Å². The van der Waals surface area contributed by atoms with Crippen LogP contribution in [-0.4, -0.2) is 47.4 Å². The molecule has 160 valence electrons. The Bertz CT molecular complexity index is 905. The molecule has 0 aliphatic carbocycles. The van der Waals surface area contributed by atoms with Gasteiger partial charge >= 0.3 is 12.0 Å². The molecule has 2 atom stereocenters. The number of benzene rings is 1. The topological polar surface area (TPSA) is 129 Å². The second kappa shape index (κ2) is 8.53. The maximum absolute atomic E-state index is 12.8. The van der Waals surface area contributed by atoms with Crippen LogP contribution in [0.25, 0.3) is 0 Å². The van der Waals surface area contributed by atoms with Gasteiger partial charge in [0.25, 0.3) is 11.8 Å². The Hall–Kier alpha value is -3.41. The number of hydrogen-bond donors (Lipinski definition) is 2. The van der Waals surface area contributed by atoms with Gasteiger partial charge in [-0.25, -0.2) is 4.79 Å². The number of rotatable bonds is 7. The molecule has 4 amide bonds. The third-order valence-electron chi connectivity index (χ3n) is 5.34. The van der Waals surface area contributed by atoms with Crippen LogP contribution in [0.5, 0.6) is 0 Å². The monoisotopic (exact) mass is 414 g/mol. The molecule has 9 heteroatoms. The zero-order chi connectivity index (χ0) is 22.7. The Kier molecular flexibility index (Phi) is 6.50. The van der Waals surface area contributed by atoms with Gasteiger partial charge in [-0.15, -0.1) is 0 Å².